The van der Waals surface area contributed by atoms with Gasteiger partial charge >= 0.3 is 5.97 Å². The van der Waals surface area contributed by atoms with E-state index in [1.807, 2.05) is 32.8 Å². The third kappa shape index (κ3) is 7.82. The molecule has 1 unspecified atom stereocenters. The molecular formula is C28H49NO9. The topological polar surface area (TPSA) is 143 Å². The molecule has 2 rings (SSSR count). The van der Waals surface area contributed by atoms with E-state index in [2.05, 4.69) is 0 Å². The van der Waals surface area contributed by atoms with Gasteiger partial charge in [-0.15, -0.1) is 0 Å². The monoisotopic (exact) mass is 543 g/mol. The first-order valence-electron chi connectivity index (χ1n) is 13.8. The molecule has 0 aromatic carbocycles. The highest BCUT2D eigenvalue weighted by atomic mass is 16.7. The number of aliphatic hydroxyl groups is 3. The number of hydrogen-bond donors (Lipinski definition) is 3. The van der Waals surface area contributed by atoms with Gasteiger partial charge in [0, 0.05) is 24.3 Å². The van der Waals surface area contributed by atoms with Gasteiger partial charge in [0.15, 0.2) is 18.2 Å². The first-order valence-corrected chi connectivity index (χ1v) is 13.8. The van der Waals surface area contributed by atoms with Crippen LogP contribution in [0, 0.1) is 23.7 Å². The van der Waals surface area contributed by atoms with Crippen molar-refractivity contribution in [3.8, 4) is 0 Å². The fourth-order valence-electron chi connectivity index (χ4n) is 5.79. The number of esters is 1. The molecule has 10 nitrogen and oxygen atoms in total. The van der Waals surface area contributed by atoms with Crippen molar-refractivity contribution >= 4 is 17.5 Å². The van der Waals surface area contributed by atoms with E-state index in [1.165, 1.54) is 20.8 Å². The van der Waals surface area contributed by atoms with Crippen molar-refractivity contribution in [2.24, 2.45) is 23.7 Å². The Morgan fingerprint density at radius 2 is 1.68 bits per heavy atom. The number of rotatable bonds is 4. The zero-order chi connectivity index (χ0) is 29.1. The van der Waals surface area contributed by atoms with Crippen molar-refractivity contribution in [2.45, 2.75) is 123 Å². The SMILES string of the molecule is C[C@H]1C(=O)OC([C@@H](C)O)[C@@](C)(O)CCC(=O)[C@H](C)C[C@H](C)[C@H](O[C@@H]2O[C@H](C)C[C@H](N(C)C)[C@H]2O)[C@@H](C)C1=O. The quantitative estimate of drug-likeness (QED) is 0.354. The summed E-state index contributed by atoms with van der Waals surface area (Å²) in [6.07, 6.45) is -4.39. The molecule has 2 fully saturated rings. The standard InChI is InChI=1S/C28H49NO9/c1-14-12-15(2)24(37-27-23(33)20(29(8)9)13-16(3)36-27)17(4)22(32)18(5)26(34)38-25(19(6)30)28(7,35)11-10-21(14)31/h14-20,23-25,27,30,33,35H,10-13H2,1-9H3/t14-,15+,16-,17+,18-,19-,20+,23-,24+,25?,27+,28+/m1/s1. The average molecular weight is 544 g/mol. The largest absolute Gasteiger partial charge is 0.456 e. The van der Waals surface area contributed by atoms with Gasteiger partial charge in [-0.3, -0.25) is 14.4 Å². The van der Waals surface area contributed by atoms with Gasteiger partial charge in [-0.2, -0.15) is 0 Å². The summed E-state index contributed by atoms with van der Waals surface area (Å²) in [4.78, 5) is 41.5. The van der Waals surface area contributed by atoms with E-state index >= 15 is 0 Å². The number of ketones is 2. The molecule has 0 aromatic heterocycles. The number of carbonyl (C=O) groups excluding carboxylic acids is 3. The molecular weight excluding hydrogens is 494 g/mol. The molecule has 0 aromatic rings. The van der Waals surface area contributed by atoms with E-state index < -0.39 is 65.8 Å². The Labute approximate surface area is 227 Å². The second kappa shape index (κ2) is 13.3. The van der Waals surface area contributed by atoms with Gasteiger partial charge in [-0.25, -0.2) is 0 Å². The molecule has 2 aliphatic heterocycles. The molecule has 12 atom stereocenters. The first kappa shape index (κ1) is 32.8. The van der Waals surface area contributed by atoms with E-state index in [-0.39, 0.29) is 36.7 Å². The summed E-state index contributed by atoms with van der Waals surface area (Å²) in [7, 11) is 3.75. The molecule has 2 aliphatic rings. The Hall–Kier alpha value is -1.43. The number of likely N-dealkylation sites (N-methyl/N-ethyl adjacent to an activating group) is 1. The fourth-order valence-corrected chi connectivity index (χ4v) is 5.79. The fraction of sp³-hybridized carbons (Fsp3) is 0.893. The molecule has 0 aliphatic carbocycles. The lowest BCUT2D eigenvalue weighted by Crippen LogP contribution is -2.56. The van der Waals surface area contributed by atoms with Crippen molar-refractivity contribution in [3.63, 3.8) is 0 Å². The Balaban J connectivity index is 2.42. The normalized spacial score (nSPS) is 43.4. The van der Waals surface area contributed by atoms with Gasteiger partial charge in [0.25, 0.3) is 0 Å². The minimum Gasteiger partial charge on any atom is -0.456 e. The summed E-state index contributed by atoms with van der Waals surface area (Å²) >= 11 is 0. The smallest absolute Gasteiger partial charge is 0.316 e. The highest BCUT2D eigenvalue weighted by Crippen LogP contribution is 2.33. The maximum absolute atomic E-state index is 13.5. The Morgan fingerprint density at radius 1 is 1.08 bits per heavy atom. The minimum atomic E-state index is -1.66. The van der Waals surface area contributed by atoms with Gasteiger partial charge < -0.3 is 34.4 Å². The van der Waals surface area contributed by atoms with Crippen LogP contribution in [0.5, 0.6) is 0 Å². The van der Waals surface area contributed by atoms with Gasteiger partial charge in [0.05, 0.1) is 18.3 Å². The molecule has 220 valence electrons. The van der Waals surface area contributed by atoms with E-state index in [4.69, 9.17) is 14.2 Å². The molecule has 0 spiro atoms. The number of Topliss-reactive ketones (excluding diaryl/α,β-unsaturated/α-hetero) is 2. The summed E-state index contributed by atoms with van der Waals surface area (Å²) in [6.45, 7) is 11.5. The van der Waals surface area contributed by atoms with Gasteiger partial charge in [-0.05, 0) is 67.0 Å². The number of nitrogens with zero attached hydrogens (tertiary/aromatic N) is 1. The van der Waals surface area contributed by atoms with Crippen LogP contribution in [0.4, 0.5) is 0 Å². The molecule has 2 heterocycles. The summed E-state index contributed by atoms with van der Waals surface area (Å²) in [5, 5.41) is 32.3. The molecule has 38 heavy (non-hydrogen) atoms. The average Bonchev–Trinajstić information content (AvgIpc) is 2.83. The van der Waals surface area contributed by atoms with E-state index in [0.717, 1.165) is 0 Å². The maximum atomic E-state index is 13.5. The summed E-state index contributed by atoms with van der Waals surface area (Å²) in [5.41, 5.74) is -1.66. The van der Waals surface area contributed by atoms with E-state index in [0.29, 0.717) is 12.8 Å². The Kier molecular flexibility index (Phi) is 11.5. The highest BCUT2D eigenvalue weighted by molar-refractivity contribution is 6.00. The highest BCUT2D eigenvalue weighted by Gasteiger charge is 2.45. The van der Waals surface area contributed by atoms with E-state index in [1.54, 1.807) is 13.8 Å². The predicted octanol–water partition coefficient (Wildman–Crippen LogP) is 1.71. The molecule has 0 radical (unpaired) electrons. The van der Waals surface area contributed by atoms with Gasteiger partial charge in [0.1, 0.15) is 23.4 Å². The van der Waals surface area contributed by atoms with Crippen molar-refractivity contribution < 1.29 is 43.9 Å². The molecule has 0 saturated carbocycles. The summed E-state index contributed by atoms with van der Waals surface area (Å²) < 4.78 is 17.8. The molecule has 2 saturated heterocycles. The number of ether oxygens (including phenoxy) is 3. The third-order valence-corrected chi connectivity index (χ3v) is 8.30. The molecule has 3 N–H and O–H groups in total. The number of carbonyl (C=O) groups is 3. The Morgan fingerprint density at radius 3 is 2.24 bits per heavy atom. The lowest BCUT2D eigenvalue weighted by molar-refractivity contribution is -0.278. The summed E-state index contributed by atoms with van der Waals surface area (Å²) in [6, 6.07) is -0.205. The lowest BCUT2D eigenvalue weighted by Gasteiger charge is -2.43. The van der Waals surface area contributed by atoms with Crippen LogP contribution in [0.1, 0.15) is 74.1 Å². The van der Waals surface area contributed by atoms with Gasteiger partial charge in [-0.1, -0.05) is 20.8 Å². The van der Waals surface area contributed by atoms with Crippen molar-refractivity contribution in [1.82, 2.24) is 4.90 Å². The van der Waals surface area contributed by atoms with Crippen LogP contribution < -0.4 is 0 Å². The molecule has 0 amide bonds. The van der Waals surface area contributed by atoms with Crippen LogP contribution in [0.2, 0.25) is 0 Å². The van der Waals surface area contributed by atoms with Gasteiger partial charge in [0.2, 0.25) is 0 Å². The Bertz CT molecular complexity index is 829. The van der Waals surface area contributed by atoms with E-state index in [9.17, 15) is 29.7 Å². The minimum absolute atomic E-state index is 0.0159. The lowest BCUT2D eigenvalue weighted by atomic mass is 9.79. The zero-order valence-electron chi connectivity index (χ0n) is 24.4. The number of hydrogen-bond acceptors (Lipinski definition) is 10. The van der Waals surface area contributed by atoms with Crippen LogP contribution in [-0.2, 0) is 28.6 Å². The molecule has 10 heteroatoms. The number of aliphatic hydroxyl groups excluding tert-OH is 2. The first-order chi connectivity index (χ1) is 17.5. The van der Waals surface area contributed by atoms with Crippen molar-refractivity contribution in [3.05, 3.63) is 0 Å². The third-order valence-electron chi connectivity index (χ3n) is 8.30. The van der Waals surface area contributed by atoms with Crippen LogP contribution >= 0.6 is 0 Å². The predicted molar refractivity (Wildman–Crippen MR) is 140 cm³/mol. The maximum Gasteiger partial charge on any atom is 0.316 e. The van der Waals surface area contributed by atoms with Crippen LogP contribution in [-0.4, -0.2) is 100 Å². The zero-order valence-corrected chi connectivity index (χ0v) is 24.4. The second-order valence-electron chi connectivity index (χ2n) is 12.1. The van der Waals surface area contributed by atoms with Crippen LogP contribution in [0.15, 0.2) is 0 Å². The van der Waals surface area contributed by atoms with Crippen molar-refractivity contribution in [2.75, 3.05) is 14.1 Å². The second-order valence-corrected chi connectivity index (χ2v) is 12.1. The number of cyclic esters (lactones) is 1. The summed E-state index contributed by atoms with van der Waals surface area (Å²) in [5.74, 6) is -4.07. The van der Waals surface area contributed by atoms with Crippen molar-refractivity contribution in [1.29, 1.82) is 0 Å². The van der Waals surface area contributed by atoms with Crippen LogP contribution in [0.3, 0.4) is 0 Å². The molecule has 0 bridgehead atoms. The van der Waals surface area contributed by atoms with Crippen LogP contribution in [0.25, 0.3) is 0 Å².